The van der Waals surface area contributed by atoms with Crippen LogP contribution in [-0.4, -0.2) is 39.9 Å². The number of likely N-dealkylation sites (tertiary alicyclic amines) is 1. The molecule has 0 unspecified atom stereocenters. The fourth-order valence-electron chi connectivity index (χ4n) is 2.76. The number of rotatable bonds is 4. The Bertz CT molecular complexity index is 348. The van der Waals surface area contributed by atoms with Crippen LogP contribution < -0.4 is 0 Å². The van der Waals surface area contributed by atoms with Gasteiger partial charge in [0.2, 0.25) is 0 Å². The maximum absolute atomic E-state index is 9.82. The molecule has 0 spiro atoms. The van der Waals surface area contributed by atoms with Gasteiger partial charge in [-0.25, -0.2) is 0 Å². The molecule has 3 nitrogen and oxygen atoms in total. The van der Waals surface area contributed by atoms with E-state index in [0.717, 1.165) is 13.0 Å². The molecule has 0 amide bonds. The molecule has 0 bridgehead atoms. The molecule has 1 fully saturated rings. The molecule has 2 rings (SSSR count). The Hall–Kier alpha value is -0.900. The molecule has 2 N–H and O–H groups in total. The van der Waals surface area contributed by atoms with Gasteiger partial charge in [0.1, 0.15) is 0 Å². The molecule has 1 aromatic carbocycles. The lowest BCUT2D eigenvalue weighted by Gasteiger charge is -2.36. The van der Waals surface area contributed by atoms with Crippen LogP contribution in [0.4, 0.5) is 0 Å². The smallest absolute Gasteiger partial charge is 0.0686 e. The molecule has 0 aromatic heterocycles. The van der Waals surface area contributed by atoms with Gasteiger partial charge in [-0.15, -0.1) is 0 Å². The molecule has 1 aliphatic rings. The van der Waals surface area contributed by atoms with Crippen molar-refractivity contribution < 1.29 is 10.2 Å². The summed E-state index contributed by atoms with van der Waals surface area (Å²) in [7, 11) is 0. The SMILES string of the molecule is CC[C@@]1(CO)C[C@@H](O)CN1Cc1ccccc1. The molecule has 17 heavy (non-hydrogen) atoms. The van der Waals surface area contributed by atoms with Crippen LogP contribution in [0.15, 0.2) is 30.3 Å². The van der Waals surface area contributed by atoms with Crippen LogP contribution in [0, 0.1) is 0 Å². The Morgan fingerprint density at radius 2 is 2.06 bits per heavy atom. The van der Waals surface area contributed by atoms with Crippen molar-refractivity contribution in [2.45, 2.75) is 38.0 Å². The van der Waals surface area contributed by atoms with Crippen molar-refractivity contribution in [1.29, 1.82) is 0 Å². The van der Waals surface area contributed by atoms with Gasteiger partial charge in [-0.2, -0.15) is 0 Å². The highest BCUT2D eigenvalue weighted by Gasteiger charge is 2.43. The zero-order chi connectivity index (χ0) is 12.3. The number of aliphatic hydroxyl groups excluding tert-OH is 2. The van der Waals surface area contributed by atoms with Gasteiger partial charge in [-0.05, 0) is 18.4 Å². The van der Waals surface area contributed by atoms with E-state index in [1.54, 1.807) is 0 Å². The van der Waals surface area contributed by atoms with E-state index in [-0.39, 0.29) is 18.2 Å². The maximum Gasteiger partial charge on any atom is 0.0686 e. The fourth-order valence-corrected chi connectivity index (χ4v) is 2.76. The Morgan fingerprint density at radius 3 is 2.65 bits per heavy atom. The Kier molecular flexibility index (Phi) is 3.82. The molecule has 3 heteroatoms. The minimum Gasteiger partial charge on any atom is -0.394 e. The van der Waals surface area contributed by atoms with E-state index in [1.807, 2.05) is 18.2 Å². The number of aliphatic hydroxyl groups is 2. The Labute approximate surface area is 103 Å². The van der Waals surface area contributed by atoms with Gasteiger partial charge in [-0.1, -0.05) is 37.3 Å². The number of β-amino-alcohol motifs (C(OH)–C–C–N with tert-alkyl or cyclic N) is 1. The zero-order valence-electron chi connectivity index (χ0n) is 10.3. The van der Waals surface area contributed by atoms with E-state index in [2.05, 4.69) is 24.0 Å². The van der Waals surface area contributed by atoms with Crippen LogP contribution in [0.5, 0.6) is 0 Å². The summed E-state index contributed by atoms with van der Waals surface area (Å²) in [4.78, 5) is 2.22. The van der Waals surface area contributed by atoms with E-state index in [4.69, 9.17) is 0 Å². The average molecular weight is 235 g/mol. The van der Waals surface area contributed by atoms with Gasteiger partial charge < -0.3 is 10.2 Å². The normalized spacial score (nSPS) is 29.7. The second-order valence-corrected chi connectivity index (χ2v) is 4.96. The highest BCUT2D eigenvalue weighted by molar-refractivity contribution is 5.16. The molecule has 0 radical (unpaired) electrons. The molecule has 0 aliphatic carbocycles. The average Bonchev–Trinajstić information content (AvgIpc) is 2.67. The molecule has 2 atom stereocenters. The van der Waals surface area contributed by atoms with Crippen LogP contribution in [0.25, 0.3) is 0 Å². The first-order valence-electron chi connectivity index (χ1n) is 6.28. The van der Waals surface area contributed by atoms with Gasteiger partial charge in [0, 0.05) is 18.6 Å². The zero-order valence-corrected chi connectivity index (χ0v) is 10.3. The largest absolute Gasteiger partial charge is 0.394 e. The minimum atomic E-state index is -0.314. The first-order chi connectivity index (χ1) is 8.20. The summed E-state index contributed by atoms with van der Waals surface area (Å²) >= 11 is 0. The summed E-state index contributed by atoms with van der Waals surface area (Å²) in [6, 6.07) is 10.2. The molecule has 94 valence electrons. The molecule has 1 aromatic rings. The highest BCUT2D eigenvalue weighted by atomic mass is 16.3. The summed E-state index contributed by atoms with van der Waals surface area (Å²) in [5, 5.41) is 19.5. The second-order valence-electron chi connectivity index (χ2n) is 4.96. The van der Waals surface area contributed by atoms with E-state index < -0.39 is 0 Å². The lowest BCUT2D eigenvalue weighted by molar-refractivity contribution is 0.0548. The molecule has 1 heterocycles. The lowest BCUT2D eigenvalue weighted by atomic mass is 9.93. The standard InChI is InChI=1S/C14H21NO2/c1-2-14(11-16)8-13(17)10-15(14)9-12-6-4-3-5-7-12/h3-7,13,16-17H,2,8-11H2,1H3/t13-,14+/m1/s1. The van der Waals surface area contributed by atoms with Crippen molar-refractivity contribution >= 4 is 0 Å². The number of nitrogens with zero attached hydrogens (tertiary/aromatic N) is 1. The number of hydrogen-bond acceptors (Lipinski definition) is 3. The third-order valence-corrected chi connectivity index (χ3v) is 3.89. The van der Waals surface area contributed by atoms with Crippen LogP contribution >= 0.6 is 0 Å². The summed E-state index contributed by atoms with van der Waals surface area (Å²) < 4.78 is 0. The van der Waals surface area contributed by atoms with E-state index in [0.29, 0.717) is 13.0 Å². The van der Waals surface area contributed by atoms with Crippen LogP contribution in [0.3, 0.4) is 0 Å². The van der Waals surface area contributed by atoms with Crippen LogP contribution in [0.2, 0.25) is 0 Å². The van der Waals surface area contributed by atoms with E-state index in [9.17, 15) is 10.2 Å². The van der Waals surface area contributed by atoms with Crippen LogP contribution in [-0.2, 0) is 6.54 Å². The van der Waals surface area contributed by atoms with Gasteiger partial charge in [0.15, 0.2) is 0 Å². The van der Waals surface area contributed by atoms with Gasteiger partial charge in [0.25, 0.3) is 0 Å². The summed E-state index contributed by atoms with van der Waals surface area (Å²) in [5.74, 6) is 0. The van der Waals surface area contributed by atoms with Crippen LogP contribution in [0.1, 0.15) is 25.3 Å². The lowest BCUT2D eigenvalue weighted by Crippen LogP contribution is -2.45. The Balaban J connectivity index is 2.14. The third-order valence-electron chi connectivity index (χ3n) is 3.89. The first kappa shape index (κ1) is 12.6. The van der Waals surface area contributed by atoms with Crippen molar-refractivity contribution in [2.24, 2.45) is 0 Å². The van der Waals surface area contributed by atoms with E-state index in [1.165, 1.54) is 5.56 Å². The molecule has 1 saturated heterocycles. The minimum absolute atomic E-state index is 0.118. The monoisotopic (exact) mass is 235 g/mol. The van der Waals surface area contributed by atoms with Crippen molar-refractivity contribution in [1.82, 2.24) is 4.90 Å². The first-order valence-corrected chi connectivity index (χ1v) is 6.28. The van der Waals surface area contributed by atoms with Crippen molar-refractivity contribution in [3.8, 4) is 0 Å². The predicted octanol–water partition coefficient (Wildman–Crippen LogP) is 1.39. The Morgan fingerprint density at radius 1 is 1.35 bits per heavy atom. The van der Waals surface area contributed by atoms with Gasteiger partial charge >= 0.3 is 0 Å². The summed E-state index contributed by atoms with van der Waals surface area (Å²) in [6.45, 7) is 3.65. The predicted molar refractivity (Wildman–Crippen MR) is 67.6 cm³/mol. The van der Waals surface area contributed by atoms with Gasteiger partial charge in [0.05, 0.1) is 12.7 Å². The molecule has 1 aliphatic heterocycles. The summed E-state index contributed by atoms with van der Waals surface area (Å²) in [5.41, 5.74) is 0.989. The molecular weight excluding hydrogens is 214 g/mol. The van der Waals surface area contributed by atoms with Crippen molar-refractivity contribution in [3.05, 3.63) is 35.9 Å². The summed E-state index contributed by atoms with van der Waals surface area (Å²) in [6.07, 6.45) is 1.23. The quantitative estimate of drug-likeness (QED) is 0.829. The second kappa shape index (κ2) is 5.17. The number of benzene rings is 1. The third kappa shape index (κ3) is 2.51. The number of hydrogen-bond donors (Lipinski definition) is 2. The van der Waals surface area contributed by atoms with Crippen molar-refractivity contribution in [2.75, 3.05) is 13.2 Å². The topological polar surface area (TPSA) is 43.7 Å². The maximum atomic E-state index is 9.82. The van der Waals surface area contributed by atoms with E-state index >= 15 is 0 Å². The molecular formula is C14H21NO2. The highest BCUT2D eigenvalue weighted by Crippen LogP contribution is 2.33. The van der Waals surface area contributed by atoms with Gasteiger partial charge in [-0.3, -0.25) is 4.90 Å². The fraction of sp³-hybridized carbons (Fsp3) is 0.571. The van der Waals surface area contributed by atoms with Crippen molar-refractivity contribution in [3.63, 3.8) is 0 Å². The molecule has 0 saturated carbocycles.